The van der Waals surface area contributed by atoms with Crippen LogP contribution in [-0.4, -0.2) is 29.1 Å². The van der Waals surface area contributed by atoms with Crippen molar-refractivity contribution in [2.75, 3.05) is 18.0 Å². The van der Waals surface area contributed by atoms with Gasteiger partial charge in [0.1, 0.15) is 11.3 Å². The molecule has 20 heavy (non-hydrogen) atoms. The van der Waals surface area contributed by atoms with Crippen molar-refractivity contribution in [2.45, 2.75) is 20.3 Å². The maximum absolute atomic E-state index is 11.3. The fourth-order valence-corrected chi connectivity index (χ4v) is 2.63. The molecule has 1 heterocycles. The summed E-state index contributed by atoms with van der Waals surface area (Å²) in [7, 11) is 0. The fourth-order valence-electron chi connectivity index (χ4n) is 2.63. The number of hydrogen-bond acceptors (Lipinski definition) is 4. The molecule has 0 spiro atoms. The van der Waals surface area contributed by atoms with Crippen LogP contribution in [0.4, 0.5) is 11.4 Å². The molecule has 1 saturated heterocycles. The minimum absolute atomic E-state index is 0.251. The first kappa shape index (κ1) is 14.3. The first-order chi connectivity index (χ1) is 9.41. The number of rotatable bonds is 3. The van der Waals surface area contributed by atoms with Crippen molar-refractivity contribution in [3.63, 3.8) is 0 Å². The average molecular weight is 278 g/mol. The van der Waals surface area contributed by atoms with E-state index in [1.54, 1.807) is 12.1 Å². The molecule has 2 atom stereocenters. The van der Waals surface area contributed by atoms with Crippen LogP contribution in [0.3, 0.4) is 0 Å². The monoisotopic (exact) mass is 278 g/mol. The number of carbonyl (C=O) groups is 1. The summed E-state index contributed by atoms with van der Waals surface area (Å²) < 4.78 is 0. The maximum atomic E-state index is 11.3. The van der Waals surface area contributed by atoms with Crippen molar-refractivity contribution in [2.24, 2.45) is 11.8 Å². The molecule has 0 radical (unpaired) electrons. The molecule has 0 saturated carbocycles. The Morgan fingerprint density at radius 1 is 1.40 bits per heavy atom. The van der Waals surface area contributed by atoms with Gasteiger partial charge < -0.3 is 10.0 Å². The van der Waals surface area contributed by atoms with Crippen LogP contribution in [0, 0.1) is 22.0 Å². The molecule has 2 unspecified atom stereocenters. The summed E-state index contributed by atoms with van der Waals surface area (Å²) in [5.74, 6) is -0.262. The lowest BCUT2D eigenvalue weighted by atomic mass is 9.88. The molecule has 1 aromatic rings. The van der Waals surface area contributed by atoms with Crippen molar-refractivity contribution >= 4 is 17.3 Å². The lowest BCUT2D eigenvalue weighted by Crippen LogP contribution is -2.38. The molecule has 1 aromatic carbocycles. The van der Waals surface area contributed by atoms with E-state index in [4.69, 9.17) is 5.11 Å². The van der Waals surface area contributed by atoms with Gasteiger partial charge in [-0.05, 0) is 30.4 Å². The van der Waals surface area contributed by atoms with Crippen LogP contribution in [0.15, 0.2) is 18.2 Å². The second-order valence-electron chi connectivity index (χ2n) is 5.42. The predicted octanol–water partition coefficient (Wildman–Crippen LogP) is 2.78. The van der Waals surface area contributed by atoms with Crippen LogP contribution in [0.2, 0.25) is 0 Å². The van der Waals surface area contributed by atoms with E-state index in [9.17, 15) is 14.9 Å². The molecular weight excluding hydrogens is 260 g/mol. The third kappa shape index (κ3) is 2.59. The lowest BCUT2D eigenvalue weighted by Gasteiger charge is -2.36. The normalized spacial score (nSPS) is 22.6. The number of nitro benzene ring substituents is 1. The van der Waals surface area contributed by atoms with Crippen molar-refractivity contribution < 1.29 is 14.8 Å². The SMILES string of the molecule is CC1CCN(c2cccc(C(=O)O)c2[N+](=O)[O-])CC1C. The van der Waals surface area contributed by atoms with Crippen molar-refractivity contribution in [1.29, 1.82) is 0 Å². The second kappa shape index (κ2) is 5.48. The first-order valence-corrected chi connectivity index (χ1v) is 6.67. The topological polar surface area (TPSA) is 83.7 Å². The standard InChI is InChI=1S/C14H18N2O4/c1-9-6-7-15(8-10(9)2)12-5-3-4-11(14(17)18)13(12)16(19)20/h3-5,9-10H,6-8H2,1-2H3,(H,17,18). The highest BCUT2D eigenvalue weighted by atomic mass is 16.6. The minimum Gasteiger partial charge on any atom is -0.477 e. The number of aromatic carboxylic acids is 1. The van der Waals surface area contributed by atoms with E-state index in [1.807, 2.05) is 4.90 Å². The van der Waals surface area contributed by atoms with Gasteiger partial charge in [0, 0.05) is 13.1 Å². The van der Waals surface area contributed by atoms with Gasteiger partial charge >= 0.3 is 11.7 Å². The Labute approximate surface area is 117 Å². The number of para-hydroxylation sites is 1. The zero-order valence-corrected chi connectivity index (χ0v) is 11.6. The second-order valence-corrected chi connectivity index (χ2v) is 5.42. The fraction of sp³-hybridized carbons (Fsp3) is 0.500. The van der Waals surface area contributed by atoms with Crippen LogP contribution < -0.4 is 4.90 Å². The van der Waals surface area contributed by atoms with Crippen LogP contribution >= 0.6 is 0 Å². The zero-order chi connectivity index (χ0) is 14.9. The summed E-state index contributed by atoms with van der Waals surface area (Å²) in [4.78, 5) is 23.7. The minimum atomic E-state index is -1.27. The number of nitro groups is 1. The van der Waals surface area contributed by atoms with Gasteiger partial charge in [0.15, 0.2) is 0 Å². The lowest BCUT2D eigenvalue weighted by molar-refractivity contribution is -0.384. The number of carboxylic acids is 1. The van der Waals surface area contributed by atoms with E-state index in [1.165, 1.54) is 6.07 Å². The van der Waals surface area contributed by atoms with E-state index in [0.717, 1.165) is 13.0 Å². The summed E-state index contributed by atoms with van der Waals surface area (Å²) >= 11 is 0. The van der Waals surface area contributed by atoms with Gasteiger partial charge in [-0.2, -0.15) is 0 Å². The highest BCUT2D eigenvalue weighted by Gasteiger charge is 2.30. The van der Waals surface area contributed by atoms with E-state index in [2.05, 4.69) is 13.8 Å². The van der Waals surface area contributed by atoms with Crippen molar-refractivity contribution in [3.05, 3.63) is 33.9 Å². The number of anilines is 1. The average Bonchev–Trinajstić information content (AvgIpc) is 2.40. The van der Waals surface area contributed by atoms with Crippen LogP contribution in [0.25, 0.3) is 0 Å². The van der Waals surface area contributed by atoms with Crippen LogP contribution in [0.5, 0.6) is 0 Å². The van der Waals surface area contributed by atoms with Gasteiger partial charge in [0.25, 0.3) is 0 Å². The van der Waals surface area contributed by atoms with E-state index >= 15 is 0 Å². The number of nitrogens with zero attached hydrogens (tertiary/aromatic N) is 2. The molecular formula is C14H18N2O4. The molecule has 0 bridgehead atoms. The molecule has 1 N–H and O–H groups in total. The smallest absolute Gasteiger partial charge is 0.342 e. The summed E-state index contributed by atoms with van der Waals surface area (Å²) in [5, 5.41) is 20.4. The summed E-state index contributed by atoms with van der Waals surface area (Å²) in [6.07, 6.45) is 0.954. The van der Waals surface area contributed by atoms with E-state index < -0.39 is 10.9 Å². The molecule has 1 fully saturated rings. The van der Waals surface area contributed by atoms with E-state index in [-0.39, 0.29) is 11.3 Å². The molecule has 6 nitrogen and oxygen atoms in total. The first-order valence-electron chi connectivity index (χ1n) is 6.67. The number of benzene rings is 1. The molecule has 0 amide bonds. The van der Waals surface area contributed by atoms with Gasteiger partial charge in [-0.25, -0.2) is 4.79 Å². The largest absolute Gasteiger partial charge is 0.477 e. The Morgan fingerprint density at radius 3 is 2.65 bits per heavy atom. The molecule has 6 heteroatoms. The Bertz CT molecular complexity index is 544. The molecule has 0 aromatic heterocycles. The Morgan fingerprint density at radius 2 is 2.10 bits per heavy atom. The van der Waals surface area contributed by atoms with Gasteiger partial charge in [-0.1, -0.05) is 19.9 Å². The maximum Gasteiger partial charge on any atom is 0.342 e. The molecule has 1 aliphatic rings. The number of hydrogen-bond donors (Lipinski definition) is 1. The van der Waals surface area contributed by atoms with Crippen molar-refractivity contribution in [3.8, 4) is 0 Å². The summed E-state index contributed by atoms with van der Waals surface area (Å²) in [6, 6.07) is 4.47. The summed E-state index contributed by atoms with van der Waals surface area (Å²) in [6.45, 7) is 5.72. The van der Waals surface area contributed by atoms with Gasteiger partial charge in [-0.15, -0.1) is 0 Å². The quantitative estimate of drug-likeness (QED) is 0.679. The van der Waals surface area contributed by atoms with Crippen LogP contribution in [-0.2, 0) is 0 Å². The summed E-state index contributed by atoms with van der Waals surface area (Å²) in [5.41, 5.74) is -0.144. The predicted molar refractivity (Wildman–Crippen MR) is 75.2 cm³/mol. The third-order valence-corrected chi connectivity index (χ3v) is 4.10. The van der Waals surface area contributed by atoms with Gasteiger partial charge in [0.05, 0.1) is 4.92 Å². The van der Waals surface area contributed by atoms with E-state index in [0.29, 0.717) is 24.1 Å². The highest BCUT2D eigenvalue weighted by Crippen LogP contribution is 2.35. The number of piperidine rings is 1. The molecule has 1 aliphatic heterocycles. The number of carboxylic acid groups (broad SMARTS) is 1. The Balaban J connectivity index is 2.44. The zero-order valence-electron chi connectivity index (χ0n) is 11.6. The van der Waals surface area contributed by atoms with Gasteiger partial charge in [0.2, 0.25) is 0 Å². The Hall–Kier alpha value is -2.11. The van der Waals surface area contributed by atoms with Crippen LogP contribution in [0.1, 0.15) is 30.6 Å². The van der Waals surface area contributed by atoms with Crippen molar-refractivity contribution in [1.82, 2.24) is 0 Å². The Kier molecular flexibility index (Phi) is 3.92. The third-order valence-electron chi connectivity index (χ3n) is 4.10. The van der Waals surface area contributed by atoms with Gasteiger partial charge in [-0.3, -0.25) is 10.1 Å². The molecule has 108 valence electrons. The highest BCUT2D eigenvalue weighted by molar-refractivity contribution is 5.95. The molecule has 2 rings (SSSR count). The molecule has 0 aliphatic carbocycles.